The molecule has 0 aromatic carbocycles. The van der Waals surface area contributed by atoms with E-state index in [-0.39, 0.29) is 10.4 Å². The molecule has 0 radical (unpaired) electrons. The molecule has 0 bridgehead atoms. The third kappa shape index (κ3) is 1.32. The van der Waals surface area contributed by atoms with Gasteiger partial charge in [-0.05, 0) is 32.1 Å². The third-order valence-corrected chi connectivity index (χ3v) is 4.50. The number of alkyl halides is 1. The Morgan fingerprint density at radius 1 is 1.62 bits per heavy atom. The first-order chi connectivity index (χ1) is 6.19. The lowest BCUT2D eigenvalue weighted by Gasteiger charge is -2.48. The SMILES string of the molecule is CCC1(N2CCC(Br)C2=O)CCC1. The van der Waals surface area contributed by atoms with Crippen LogP contribution in [-0.2, 0) is 4.79 Å². The van der Waals surface area contributed by atoms with E-state index in [1.165, 1.54) is 19.3 Å². The maximum Gasteiger partial charge on any atom is 0.236 e. The average Bonchev–Trinajstić information content (AvgIpc) is 2.35. The standard InChI is InChI=1S/C10H16BrNO/c1-2-10(5-3-6-10)12-7-4-8(11)9(12)13/h8H,2-7H2,1H3. The van der Waals surface area contributed by atoms with Crippen molar-refractivity contribution in [2.24, 2.45) is 0 Å². The van der Waals surface area contributed by atoms with Gasteiger partial charge in [-0.15, -0.1) is 0 Å². The monoisotopic (exact) mass is 245 g/mol. The normalized spacial score (nSPS) is 32.0. The molecule has 0 aromatic heterocycles. The molecular weight excluding hydrogens is 230 g/mol. The zero-order valence-corrected chi connectivity index (χ0v) is 9.64. The first-order valence-corrected chi connectivity index (χ1v) is 6.07. The maximum absolute atomic E-state index is 11.8. The van der Waals surface area contributed by atoms with Crippen molar-refractivity contribution in [1.82, 2.24) is 4.90 Å². The van der Waals surface area contributed by atoms with Crippen LogP contribution in [0.5, 0.6) is 0 Å². The Hall–Kier alpha value is -0.0500. The number of amides is 1. The highest BCUT2D eigenvalue weighted by atomic mass is 79.9. The molecule has 0 aromatic rings. The van der Waals surface area contributed by atoms with Crippen molar-refractivity contribution in [1.29, 1.82) is 0 Å². The molecule has 1 atom stereocenters. The largest absolute Gasteiger partial charge is 0.336 e. The molecule has 1 heterocycles. The van der Waals surface area contributed by atoms with Crippen molar-refractivity contribution in [2.75, 3.05) is 6.54 Å². The molecule has 3 heteroatoms. The van der Waals surface area contributed by atoms with Crippen LogP contribution in [0.2, 0.25) is 0 Å². The van der Waals surface area contributed by atoms with Crippen LogP contribution in [0.25, 0.3) is 0 Å². The van der Waals surface area contributed by atoms with Gasteiger partial charge < -0.3 is 4.90 Å². The van der Waals surface area contributed by atoms with Gasteiger partial charge in [0.2, 0.25) is 5.91 Å². The van der Waals surface area contributed by atoms with Gasteiger partial charge >= 0.3 is 0 Å². The number of carbonyl (C=O) groups is 1. The van der Waals surface area contributed by atoms with Crippen LogP contribution >= 0.6 is 15.9 Å². The second-order valence-corrected chi connectivity index (χ2v) is 5.28. The molecular formula is C10H16BrNO. The Bertz CT molecular complexity index is 219. The third-order valence-electron chi connectivity index (χ3n) is 3.66. The molecule has 2 aliphatic rings. The Morgan fingerprint density at radius 2 is 2.31 bits per heavy atom. The summed E-state index contributed by atoms with van der Waals surface area (Å²) in [6, 6.07) is 0. The van der Waals surface area contributed by atoms with E-state index in [9.17, 15) is 4.79 Å². The van der Waals surface area contributed by atoms with E-state index in [0.717, 1.165) is 19.4 Å². The molecule has 2 fully saturated rings. The molecule has 0 spiro atoms. The summed E-state index contributed by atoms with van der Waals surface area (Å²) in [6.45, 7) is 3.16. The van der Waals surface area contributed by atoms with Crippen molar-refractivity contribution >= 4 is 21.8 Å². The fourth-order valence-corrected chi connectivity index (χ4v) is 2.97. The second-order valence-electron chi connectivity index (χ2n) is 4.18. The highest BCUT2D eigenvalue weighted by Crippen LogP contribution is 2.43. The minimum Gasteiger partial charge on any atom is -0.336 e. The van der Waals surface area contributed by atoms with E-state index < -0.39 is 0 Å². The van der Waals surface area contributed by atoms with Gasteiger partial charge in [0.05, 0.1) is 4.83 Å². The van der Waals surface area contributed by atoms with Crippen LogP contribution in [0.1, 0.15) is 39.0 Å². The zero-order chi connectivity index (χ0) is 9.47. The minimum absolute atomic E-state index is 0.0940. The summed E-state index contributed by atoms with van der Waals surface area (Å²) in [5, 5.41) is 0. The summed E-state index contributed by atoms with van der Waals surface area (Å²) in [4.78, 5) is 14.0. The summed E-state index contributed by atoms with van der Waals surface area (Å²) in [7, 11) is 0. The van der Waals surface area contributed by atoms with Gasteiger partial charge in [0.1, 0.15) is 0 Å². The predicted molar refractivity (Wildman–Crippen MR) is 55.9 cm³/mol. The number of carbonyl (C=O) groups excluding carboxylic acids is 1. The van der Waals surface area contributed by atoms with Crippen LogP contribution < -0.4 is 0 Å². The molecule has 1 aliphatic carbocycles. The van der Waals surface area contributed by atoms with Gasteiger partial charge in [-0.3, -0.25) is 4.79 Å². The molecule has 13 heavy (non-hydrogen) atoms. The van der Waals surface area contributed by atoms with Crippen molar-refractivity contribution in [2.45, 2.75) is 49.4 Å². The summed E-state index contributed by atoms with van der Waals surface area (Å²) in [5.74, 6) is 0.321. The molecule has 1 saturated heterocycles. The van der Waals surface area contributed by atoms with Crippen molar-refractivity contribution in [3.05, 3.63) is 0 Å². The molecule has 2 rings (SSSR count). The van der Waals surface area contributed by atoms with E-state index in [1.807, 2.05) is 0 Å². The summed E-state index contributed by atoms with van der Waals surface area (Å²) in [6.07, 6.45) is 5.84. The minimum atomic E-state index is 0.0940. The van der Waals surface area contributed by atoms with E-state index in [2.05, 4.69) is 27.8 Å². The van der Waals surface area contributed by atoms with Gasteiger partial charge in [-0.25, -0.2) is 0 Å². The Kier molecular flexibility index (Phi) is 2.39. The molecule has 1 saturated carbocycles. The quantitative estimate of drug-likeness (QED) is 0.685. The van der Waals surface area contributed by atoms with Gasteiger partial charge in [-0.2, -0.15) is 0 Å². The fourth-order valence-electron chi connectivity index (χ4n) is 2.52. The average molecular weight is 246 g/mol. The number of hydrogen-bond donors (Lipinski definition) is 0. The Labute approximate surface area is 87.8 Å². The van der Waals surface area contributed by atoms with Crippen LogP contribution in [0.3, 0.4) is 0 Å². The fraction of sp³-hybridized carbons (Fsp3) is 0.900. The smallest absolute Gasteiger partial charge is 0.236 e. The first-order valence-electron chi connectivity index (χ1n) is 5.15. The van der Waals surface area contributed by atoms with Gasteiger partial charge in [0.25, 0.3) is 0 Å². The van der Waals surface area contributed by atoms with Crippen LogP contribution in [-0.4, -0.2) is 27.7 Å². The van der Waals surface area contributed by atoms with Crippen molar-refractivity contribution < 1.29 is 4.79 Å². The number of rotatable bonds is 2. The van der Waals surface area contributed by atoms with E-state index >= 15 is 0 Å². The van der Waals surface area contributed by atoms with Crippen molar-refractivity contribution in [3.8, 4) is 0 Å². The molecule has 74 valence electrons. The molecule has 0 N–H and O–H groups in total. The van der Waals surface area contributed by atoms with Crippen LogP contribution in [0, 0.1) is 0 Å². The van der Waals surface area contributed by atoms with Crippen molar-refractivity contribution in [3.63, 3.8) is 0 Å². The Balaban J connectivity index is 2.12. The van der Waals surface area contributed by atoms with Crippen LogP contribution in [0.15, 0.2) is 0 Å². The lowest BCUT2D eigenvalue weighted by atomic mass is 9.73. The highest BCUT2D eigenvalue weighted by Gasteiger charge is 2.46. The highest BCUT2D eigenvalue weighted by molar-refractivity contribution is 9.10. The summed E-state index contributed by atoms with van der Waals surface area (Å²) >= 11 is 3.43. The predicted octanol–water partition coefficient (Wildman–Crippen LogP) is 2.31. The van der Waals surface area contributed by atoms with Gasteiger partial charge in [0.15, 0.2) is 0 Å². The van der Waals surface area contributed by atoms with Crippen LogP contribution in [0.4, 0.5) is 0 Å². The number of halogens is 1. The molecule has 1 amide bonds. The summed E-state index contributed by atoms with van der Waals surface area (Å²) in [5.41, 5.74) is 0.250. The first kappa shape index (κ1) is 9.50. The molecule has 2 nitrogen and oxygen atoms in total. The number of likely N-dealkylation sites (tertiary alicyclic amines) is 1. The summed E-state index contributed by atoms with van der Waals surface area (Å²) < 4.78 is 0. The Morgan fingerprint density at radius 3 is 2.62 bits per heavy atom. The molecule has 1 aliphatic heterocycles. The van der Waals surface area contributed by atoms with Gasteiger partial charge in [-0.1, -0.05) is 22.9 Å². The number of hydrogen-bond acceptors (Lipinski definition) is 1. The topological polar surface area (TPSA) is 20.3 Å². The lowest BCUT2D eigenvalue weighted by molar-refractivity contribution is -0.136. The second kappa shape index (κ2) is 3.26. The molecule has 1 unspecified atom stereocenters. The zero-order valence-electron chi connectivity index (χ0n) is 8.05. The maximum atomic E-state index is 11.8. The lowest BCUT2D eigenvalue weighted by Crippen LogP contribution is -2.54. The van der Waals surface area contributed by atoms with E-state index in [4.69, 9.17) is 0 Å². The number of nitrogens with zero attached hydrogens (tertiary/aromatic N) is 1. The van der Waals surface area contributed by atoms with E-state index in [0.29, 0.717) is 5.91 Å². The van der Waals surface area contributed by atoms with Gasteiger partial charge in [0, 0.05) is 12.1 Å². The van der Waals surface area contributed by atoms with E-state index in [1.54, 1.807) is 0 Å².